The maximum atomic E-state index is 4.77. The van der Waals surface area contributed by atoms with Gasteiger partial charge in [-0.15, -0.1) is 21.5 Å². The van der Waals surface area contributed by atoms with Gasteiger partial charge in [-0.05, 0) is 6.42 Å². The lowest BCUT2D eigenvalue weighted by Gasteiger charge is -2.25. The van der Waals surface area contributed by atoms with Gasteiger partial charge in [-0.2, -0.15) is 0 Å². The summed E-state index contributed by atoms with van der Waals surface area (Å²) in [6.45, 7) is 12.8. The fourth-order valence-corrected chi connectivity index (χ4v) is 3.83. The first-order valence-corrected chi connectivity index (χ1v) is 9.33. The summed E-state index contributed by atoms with van der Waals surface area (Å²) in [6.07, 6.45) is 2.12. The molecule has 126 valence electrons. The first kappa shape index (κ1) is 16.6. The van der Waals surface area contributed by atoms with E-state index in [1.165, 1.54) is 5.01 Å². The third kappa shape index (κ3) is 3.63. The van der Waals surface area contributed by atoms with Crippen molar-refractivity contribution in [3.8, 4) is 0 Å². The Morgan fingerprint density at radius 2 is 2.13 bits per heavy atom. The molecule has 0 aromatic carbocycles. The van der Waals surface area contributed by atoms with Crippen LogP contribution < -0.4 is 5.32 Å². The van der Waals surface area contributed by atoms with Crippen molar-refractivity contribution in [2.75, 3.05) is 0 Å². The normalized spacial score (nSPS) is 18.4. The average molecular weight is 334 g/mol. The van der Waals surface area contributed by atoms with Crippen LogP contribution in [-0.2, 0) is 24.9 Å². The molecule has 1 N–H and O–H groups in total. The highest BCUT2D eigenvalue weighted by Crippen LogP contribution is 2.26. The van der Waals surface area contributed by atoms with Gasteiger partial charge in [0.05, 0.1) is 10.7 Å². The lowest BCUT2D eigenvalue weighted by atomic mass is 9.98. The zero-order valence-corrected chi connectivity index (χ0v) is 15.6. The van der Waals surface area contributed by atoms with Crippen LogP contribution in [0.4, 0.5) is 0 Å². The van der Waals surface area contributed by atoms with Gasteiger partial charge in [0, 0.05) is 42.3 Å². The van der Waals surface area contributed by atoms with Crippen molar-refractivity contribution in [1.29, 1.82) is 0 Å². The minimum atomic E-state index is 0.136. The van der Waals surface area contributed by atoms with E-state index in [-0.39, 0.29) is 5.41 Å². The molecule has 0 fully saturated rings. The molecule has 0 spiro atoms. The van der Waals surface area contributed by atoms with E-state index in [1.54, 1.807) is 11.3 Å². The summed E-state index contributed by atoms with van der Waals surface area (Å²) >= 11 is 1.76. The van der Waals surface area contributed by atoms with Crippen LogP contribution in [0.15, 0.2) is 5.38 Å². The van der Waals surface area contributed by atoms with Crippen molar-refractivity contribution >= 4 is 11.3 Å². The highest BCUT2D eigenvalue weighted by Gasteiger charge is 2.24. The molecule has 0 aliphatic carbocycles. The van der Waals surface area contributed by atoms with Crippen molar-refractivity contribution in [2.45, 2.75) is 77.9 Å². The van der Waals surface area contributed by atoms with Crippen LogP contribution in [0, 0.1) is 0 Å². The van der Waals surface area contributed by atoms with Crippen molar-refractivity contribution in [2.24, 2.45) is 0 Å². The number of hydrogen-bond acceptors (Lipinski definition) is 5. The molecule has 1 aliphatic rings. The molecule has 1 unspecified atom stereocenters. The maximum absolute atomic E-state index is 4.77. The Kier molecular flexibility index (Phi) is 4.56. The minimum Gasteiger partial charge on any atom is -0.313 e. The number of aromatic nitrogens is 4. The van der Waals surface area contributed by atoms with Crippen LogP contribution in [0.2, 0.25) is 0 Å². The Hall–Kier alpha value is -1.27. The molecule has 3 rings (SSSR count). The molecule has 23 heavy (non-hydrogen) atoms. The van der Waals surface area contributed by atoms with E-state index in [9.17, 15) is 0 Å². The first-order chi connectivity index (χ1) is 10.8. The molecule has 0 amide bonds. The first-order valence-electron chi connectivity index (χ1n) is 8.45. The van der Waals surface area contributed by atoms with Crippen molar-refractivity contribution in [1.82, 2.24) is 25.1 Å². The standard InChI is InChI=1S/C17H27N5S/c1-11(2)15-21-20-14-7-6-12(9-22(14)15)18-8-13-10-23-16(19-13)17(3,4)5/h10-12,18H,6-9H2,1-5H3. The number of fused-ring (bicyclic) bond motifs is 1. The Morgan fingerprint density at radius 1 is 1.35 bits per heavy atom. The Labute approximate surface area is 142 Å². The van der Waals surface area contributed by atoms with E-state index < -0.39 is 0 Å². The van der Waals surface area contributed by atoms with Gasteiger partial charge >= 0.3 is 0 Å². The van der Waals surface area contributed by atoms with Crippen LogP contribution in [0.5, 0.6) is 0 Å². The second kappa shape index (κ2) is 6.32. The summed E-state index contributed by atoms with van der Waals surface area (Å²) in [5.74, 6) is 2.66. The highest BCUT2D eigenvalue weighted by atomic mass is 32.1. The Balaban J connectivity index is 1.62. The summed E-state index contributed by atoms with van der Waals surface area (Å²) in [5.41, 5.74) is 1.29. The fraction of sp³-hybridized carbons (Fsp3) is 0.706. The molecule has 0 radical (unpaired) electrons. The summed E-state index contributed by atoms with van der Waals surface area (Å²) in [6, 6.07) is 0.468. The predicted molar refractivity (Wildman–Crippen MR) is 93.9 cm³/mol. The average Bonchev–Trinajstić information content (AvgIpc) is 3.11. The molecular weight excluding hydrogens is 306 g/mol. The second-order valence-corrected chi connectivity index (χ2v) is 8.61. The lowest BCUT2D eigenvalue weighted by molar-refractivity contribution is 0.369. The summed E-state index contributed by atoms with van der Waals surface area (Å²) in [5, 5.41) is 15.7. The van der Waals surface area contributed by atoms with E-state index in [0.717, 1.165) is 43.3 Å². The van der Waals surface area contributed by atoms with E-state index >= 15 is 0 Å². The maximum Gasteiger partial charge on any atom is 0.135 e. The SMILES string of the molecule is CC(C)c1nnc2n1CC(NCc1csc(C(C)(C)C)n1)CC2. The van der Waals surface area contributed by atoms with E-state index in [2.05, 4.69) is 60.1 Å². The lowest BCUT2D eigenvalue weighted by Crippen LogP contribution is -2.37. The molecule has 2 aromatic rings. The Bertz CT molecular complexity index is 665. The van der Waals surface area contributed by atoms with Gasteiger partial charge < -0.3 is 9.88 Å². The highest BCUT2D eigenvalue weighted by molar-refractivity contribution is 7.09. The second-order valence-electron chi connectivity index (χ2n) is 7.75. The third-order valence-electron chi connectivity index (χ3n) is 4.26. The number of nitrogens with zero attached hydrogens (tertiary/aromatic N) is 4. The molecule has 3 heterocycles. The Morgan fingerprint density at radius 3 is 2.78 bits per heavy atom. The number of nitrogens with one attached hydrogen (secondary N) is 1. The van der Waals surface area contributed by atoms with Gasteiger partial charge in [0.25, 0.3) is 0 Å². The smallest absolute Gasteiger partial charge is 0.135 e. The van der Waals surface area contributed by atoms with Gasteiger partial charge in [0.15, 0.2) is 0 Å². The van der Waals surface area contributed by atoms with Crippen molar-refractivity contribution < 1.29 is 0 Å². The molecule has 0 saturated heterocycles. The van der Waals surface area contributed by atoms with Crippen molar-refractivity contribution in [3.05, 3.63) is 27.7 Å². The largest absolute Gasteiger partial charge is 0.313 e. The zero-order chi connectivity index (χ0) is 16.6. The summed E-state index contributed by atoms with van der Waals surface area (Å²) < 4.78 is 2.30. The van der Waals surface area contributed by atoms with Crippen LogP contribution >= 0.6 is 11.3 Å². The molecule has 2 aromatic heterocycles. The molecule has 1 atom stereocenters. The molecule has 1 aliphatic heterocycles. The fourth-order valence-electron chi connectivity index (χ4n) is 2.92. The van der Waals surface area contributed by atoms with Gasteiger partial charge in [0.1, 0.15) is 11.6 Å². The summed E-state index contributed by atoms with van der Waals surface area (Å²) in [4.78, 5) is 4.77. The number of hydrogen-bond donors (Lipinski definition) is 1. The molecule has 5 nitrogen and oxygen atoms in total. The molecular formula is C17H27N5S. The minimum absolute atomic E-state index is 0.136. The molecule has 0 bridgehead atoms. The molecule has 6 heteroatoms. The van der Waals surface area contributed by atoms with Gasteiger partial charge in [-0.1, -0.05) is 34.6 Å². The van der Waals surface area contributed by atoms with Crippen LogP contribution in [0.25, 0.3) is 0 Å². The zero-order valence-electron chi connectivity index (χ0n) is 14.8. The van der Waals surface area contributed by atoms with Crippen LogP contribution in [0.3, 0.4) is 0 Å². The quantitative estimate of drug-likeness (QED) is 0.933. The van der Waals surface area contributed by atoms with Gasteiger partial charge in [-0.3, -0.25) is 0 Å². The predicted octanol–water partition coefficient (Wildman–Crippen LogP) is 3.26. The van der Waals surface area contributed by atoms with E-state index in [1.807, 2.05) is 0 Å². The van der Waals surface area contributed by atoms with Crippen LogP contribution in [-0.4, -0.2) is 25.8 Å². The number of aryl methyl sites for hydroxylation is 1. The van der Waals surface area contributed by atoms with Crippen molar-refractivity contribution in [3.63, 3.8) is 0 Å². The van der Waals surface area contributed by atoms with E-state index in [4.69, 9.17) is 4.98 Å². The monoisotopic (exact) mass is 333 g/mol. The number of thiazole rings is 1. The van der Waals surface area contributed by atoms with Gasteiger partial charge in [-0.25, -0.2) is 4.98 Å². The van der Waals surface area contributed by atoms with Gasteiger partial charge in [0.2, 0.25) is 0 Å². The van der Waals surface area contributed by atoms with Crippen LogP contribution in [0.1, 0.15) is 69.3 Å². The number of rotatable bonds is 4. The molecule has 0 saturated carbocycles. The topological polar surface area (TPSA) is 55.6 Å². The third-order valence-corrected chi connectivity index (χ3v) is 5.57. The summed E-state index contributed by atoms with van der Waals surface area (Å²) in [7, 11) is 0. The van der Waals surface area contributed by atoms with E-state index in [0.29, 0.717) is 12.0 Å².